The summed E-state index contributed by atoms with van der Waals surface area (Å²) in [5.41, 5.74) is 0.910. The average Bonchev–Trinajstić information content (AvgIpc) is 3.06. The van der Waals surface area contributed by atoms with Crippen LogP contribution in [-0.2, 0) is 16.6 Å². The molecule has 0 radical (unpaired) electrons. The molecule has 1 saturated heterocycles. The Hall–Kier alpha value is -1.44. The van der Waals surface area contributed by atoms with E-state index >= 15 is 0 Å². The summed E-state index contributed by atoms with van der Waals surface area (Å²) in [5, 5.41) is 7.29. The van der Waals surface area contributed by atoms with Gasteiger partial charge in [-0.1, -0.05) is 13.8 Å². The van der Waals surface area contributed by atoms with Crippen LogP contribution in [-0.4, -0.2) is 78.0 Å². The third-order valence-corrected chi connectivity index (χ3v) is 5.00. The maximum atomic E-state index is 12.8. The van der Waals surface area contributed by atoms with Crippen molar-refractivity contribution in [3.8, 4) is 0 Å². The van der Waals surface area contributed by atoms with Gasteiger partial charge in [-0.25, -0.2) is 0 Å². The van der Waals surface area contributed by atoms with Gasteiger partial charge in [-0.2, -0.15) is 5.10 Å². The van der Waals surface area contributed by atoms with E-state index in [9.17, 15) is 4.79 Å². The zero-order valence-corrected chi connectivity index (χ0v) is 16.1. The highest BCUT2D eigenvalue weighted by molar-refractivity contribution is 5.83. The van der Waals surface area contributed by atoms with E-state index in [0.29, 0.717) is 0 Å². The first-order valence-electron chi connectivity index (χ1n) is 9.37. The summed E-state index contributed by atoms with van der Waals surface area (Å²) in [6.45, 7) is 9.74. The number of likely N-dealkylation sites (N-methyl/N-ethyl adjacent to an activating group) is 2. The molecule has 0 saturated carbocycles. The van der Waals surface area contributed by atoms with E-state index in [4.69, 9.17) is 4.74 Å². The van der Waals surface area contributed by atoms with E-state index in [2.05, 4.69) is 29.2 Å². The molecule has 1 aromatic rings. The highest BCUT2D eigenvalue weighted by Crippen LogP contribution is 2.20. The third kappa shape index (κ3) is 5.52. The topological polar surface area (TPSA) is 62.6 Å². The monoisotopic (exact) mass is 351 g/mol. The van der Waals surface area contributed by atoms with Gasteiger partial charge in [0.25, 0.3) is 0 Å². The molecule has 1 unspecified atom stereocenters. The number of carbonyl (C=O) groups excluding carboxylic acids is 1. The normalized spacial score (nSPS) is 17.2. The van der Waals surface area contributed by atoms with E-state index in [1.165, 1.54) is 0 Å². The van der Waals surface area contributed by atoms with Crippen LogP contribution in [0, 0.1) is 0 Å². The van der Waals surface area contributed by atoms with Crippen molar-refractivity contribution in [2.75, 3.05) is 46.4 Å². The highest BCUT2D eigenvalue weighted by atomic mass is 16.5. The van der Waals surface area contributed by atoms with Gasteiger partial charge in [0.15, 0.2) is 0 Å². The third-order valence-electron chi connectivity index (χ3n) is 5.00. The zero-order valence-electron chi connectivity index (χ0n) is 16.1. The number of aromatic nitrogens is 2. The summed E-state index contributed by atoms with van der Waals surface area (Å²) in [6.07, 6.45) is 5.73. The minimum Gasteiger partial charge on any atom is -0.377 e. The van der Waals surface area contributed by atoms with Gasteiger partial charge in [0, 0.05) is 38.4 Å². The van der Waals surface area contributed by atoms with Crippen LogP contribution >= 0.6 is 0 Å². The van der Waals surface area contributed by atoms with Crippen LogP contribution in [0.25, 0.3) is 0 Å². The molecule has 2 rings (SSSR count). The fourth-order valence-electron chi connectivity index (χ4n) is 3.34. The summed E-state index contributed by atoms with van der Waals surface area (Å²) in [6, 6.07) is -0.325. The minimum absolute atomic E-state index is 0.122. The largest absolute Gasteiger partial charge is 0.377 e. The Labute approximate surface area is 151 Å². The molecule has 7 nitrogen and oxygen atoms in total. The van der Waals surface area contributed by atoms with Crippen LogP contribution in [0.15, 0.2) is 12.4 Å². The molecule has 2 heterocycles. The predicted molar refractivity (Wildman–Crippen MR) is 98.4 cm³/mol. The summed E-state index contributed by atoms with van der Waals surface area (Å²) in [5.74, 6) is 0.122. The fraction of sp³-hybridized carbons (Fsp3) is 0.778. The van der Waals surface area contributed by atoms with E-state index in [0.717, 1.165) is 57.7 Å². The van der Waals surface area contributed by atoms with Crippen LogP contribution < -0.4 is 5.32 Å². The maximum absolute atomic E-state index is 12.8. The molecule has 1 fully saturated rings. The molecule has 1 aromatic heterocycles. The quantitative estimate of drug-likeness (QED) is 0.720. The second kappa shape index (κ2) is 9.89. The Bertz CT molecular complexity index is 521. The number of likely N-dealkylation sites (tertiary alicyclic amines) is 1. The maximum Gasteiger partial charge on any atom is 0.244 e. The van der Waals surface area contributed by atoms with Crippen molar-refractivity contribution in [1.82, 2.24) is 24.9 Å². The van der Waals surface area contributed by atoms with Crippen LogP contribution in [0.5, 0.6) is 0 Å². The molecule has 0 spiro atoms. The van der Waals surface area contributed by atoms with Crippen molar-refractivity contribution in [1.29, 1.82) is 0 Å². The zero-order chi connectivity index (χ0) is 18.2. The molecule has 1 aliphatic rings. The van der Waals surface area contributed by atoms with Crippen LogP contribution in [0.4, 0.5) is 0 Å². The van der Waals surface area contributed by atoms with Crippen molar-refractivity contribution >= 4 is 5.91 Å². The van der Waals surface area contributed by atoms with Gasteiger partial charge in [0.1, 0.15) is 6.04 Å². The molecule has 0 aliphatic carbocycles. The lowest BCUT2D eigenvalue weighted by atomic mass is 10.0. The van der Waals surface area contributed by atoms with E-state index in [1.54, 1.807) is 10.9 Å². The fourth-order valence-corrected chi connectivity index (χ4v) is 3.34. The number of nitrogens with zero attached hydrogens (tertiary/aromatic N) is 4. The smallest absolute Gasteiger partial charge is 0.244 e. The van der Waals surface area contributed by atoms with Gasteiger partial charge in [-0.15, -0.1) is 0 Å². The lowest BCUT2D eigenvalue weighted by Crippen LogP contribution is -2.45. The molecule has 25 heavy (non-hydrogen) atoms. The van der Waals surface area contributed by atoms with Gasteiger partial charge < -0.3 is 19.9 Å². The number of rotatable bonds is 9. The Morgan fingerprint density at radius 1 is 1.40 bits per heavy atom. The Kier molecular flexibility index (Phi) is 7.87. The lowest BCUT2D eigenvalue weighted by Gasteiger charge is -2.34. The van der Waals surface area contributed by atoms with Gasteiger partial charge in [-0.05, 0) is 33.0 Å². The first-order chi connectivity index (χ1) is 12.1. The molecule has 0 aromatic carbocycles. The molecular formula is C18H33N5O2. The van der Waals surface area contributed by atoms with Crippen LogP contribution in [0.1, 0.15) is 38.3 Å². The van der Waals surface area contributed by atoms with E-state index in [-0.39, 0.29) is 18.1 Å². The average molecular weight is 351 g/mol. The minimum atomic E-state index is -0.325. The van der Waals surface area contributed by atoms with Crippen LogP contribution in [0.3, 0.4) is 0 Å². The van der Waals surface area contributed by atoms with Gasteiger partial charge in [0.05, 0.1) is 18.9 Å². The van der Waals surface area contributed by atoms with E-state index in [1.807, 2.05) is 25.2 Å². The lowest BCUT2D eigenvalue weighted by molar-refractivity contribution is -0.136. The number of aryl methyl sites for hydroxylation is 1. The number of amides is 1. The Morgan fingerprint density at radius 3 is 2.60 bits per heavy atom. The number of ether oxygens (including phenoxy) is 1. The standard InChI is InChI=1S/C18H33N5O2/c1-5-22(6-2)11-12-25-16-7-9-23(10-8-16)18(24)17(19-3)15-13-20-21(4)14-15/h13-14,16-17,19H,5-12H2,1-4H3. The number of hydrogen-bond donors (Lipinski definition) is 1. The summed E-state index contributed by atoms with van der Waals surface area (Å²) >= 11 is 0. The molecule has 1 amide bonds. The molecule has 1 N–H and O–H groups in total. The summed E-state index contributed by atoms with van der Waals surface area (Å²) < 4.78 is 7.74. The number of hydrogen-bond acceptors (Lipinski definition) is 5. The summed E-state index contributed by atoms with van der Waals surface area (Å²) in [4.78, 5) is 17.1. The van der Waals surface area contributed by atoms with E-state index < -0.39 is 0 Å². The molecule has 0 bridgehead atoms. The van der Waals surface area contributed by atoms with Crippen LogP contribution in [0.2, 0.25) is 0 Å². The number of nitrogens with one attached hydrogen (secondary N) is 1. The van der Waals surface area contributed by atoms with Crippen molar-refractivity contribution in [2.45, 2.75) is 38.8 Å². The van der Waals surface area contributed by atoms with Gasteiger partial charge in [-0.3, -0.25) is 9.48 Å². The van der Waals surface area contributed by atoms with Crippen molar-refractivity contribution < 1.29 is 9.53 Å². The molecule has 142 valence electrons. The second-order valence-electron chi connectivity index (χ2n) is 6.59. The number of carbonyl (C=O) groups is 1. The first-order valence-corrected chi connectivity index (χ1v) is 9.37. The summed E-state index contributed by atoms with van der Waals surface area (Å²) in [7, 11) is 3.68. The van der Waals surface area contributed by atoms with Gasteiger partial charge in [0.2, 0.25) is 5.91 Å². The Morgan fingerprint density at radius 2 is 2.08 bits per heavy atom. The second-order valence-corrected chi connectivity index (χ2v) is 6.59. The first kappa shape index (κ1) is 19.9. The number of piperidine rings is 1. The highest BCUT2D eigenvalue weighted by Gasteiger charge is 2.29. The van der Waals surface area contributed by atoms with Crippen molar-refractivity contribution in [3.05, 3.63) is 18.0 Å². The molecule has 1 atom stereocenters. The molecule has 7 heteroatoms. The molecular weight excluding hydrogens is 318 g/mol. The SMILES string of the molecule is CCN(CC)CCOC1CCN(C(=O)C(NC)c2cnn(C)c2)CC1. The predicted octanol–water partition coefficient (Wildman–Crippen LogP) is 1.03. The van der Waals surface area contributed by atoms with Gasteiger partial charge >= 0.3 is 0 Å². The van der Waals surface area contributed by atoms with Crippen molar-refractivity contribution in [3.63, 3.8) is 0 Å². The van der Waals surface area contributed by atoms with Crippen molar-refractivity contribution in [2.24, 2.45) is 7.05 Å². The Balaban J connectivity index is 1.77. The molecule has 1 aliphatic heterocycles.